The molecule has 374 valence electrons. The average Bonchev–Trinajstić information content (AvgIpc) is 3.27. The molecule has 1 atom stereocenters. The van der Waals surface area contributed by atoms with Crippen molar-refractivity contribution in [3.63, 3.8) is 0 Å². The van der Waals surface area contributed by atoms with Crippen LogP contribution in [0.1, 0.15) is 323 Å². The Kier molecular flexibility index (Phi) is 50.1. The van der Waals surface area contributed by atoms with Crippen molar-refractivity contribution in [1.82, 2.24) is 0 Å². The molecule has 0 bridgehead atoms. The second kappa shape index (κ2) is 51.4. The largest absolute Gasteiger partial charge is 0.462 e. The van der Waals surface area contributed by atoms with Crippen LogP contribution >= 0.6 is 0 Å². The zero-order valence-electron chi connectivity index (χ0n) is 43.0. The Morgan fingerprint density at radius 3 is 0.778 bits per heavy atom. The van der Waals surface area contributed by atoms with Gasteiger partial charge in [-0.25, -0.2) is 0 Å². The summed E-state index contributed by atoms with van der Waals surface area (Å²) in [7, 11) is 0. The summed E-state index contributed by atoms with van der Waals surface area (Å²) < 4.78 is 16.9. The van der Waals surface area contributed by atoms with E-state index in [-0.39, 0.29) is 31.1 Å². The molecule has 0 saturated carbocycles. The van der Waals surface area contributed by atoms with Crippen molar-refractivity contribution >= 4 is 17.9 Å². The third-order valence-electron chi connectivity index (χ3n) is 13.0. The van der Waals surface area contributed by atoms with Gasteiger partial charge in [-0.15, -0.1) is 0 Å². The molecule has 0 radical (unpaired) electrons. The van der Waals surface area contributed by atoms with Crippen molar-refractivity contribution in [3.05, 3.63) is 0 Å². The Hall–Kier alpha value is -1.59. The molecule has 0 aliphatic heterocycles. The van der Waals surface area contributed by atoms with E-state index in [0.29, 0.717) is 19.3 Å². The van der Waals surface area contributed by atoms with Crippen LogP contribution in [0.4, 0.5) is 0 Å². The number of carbonyl (C=O) groups is 3. The zero-order chi connectivity index (χ0) is 45.9. The van der Waals surface area contributed by atoms with Crippen LogP contribution in [0.15, 0.2) is 0 Å². The molecule has 0 heterocycles. The van der Waals surface area contributed by atoms with Gasteiger partial charge in [-0.3, -0.25) is 14.4 Å². The molecule has 0 aromatic rings. The molecule has 0 saturated heterocycles. The van der Waals surface area contributed by atoms with Crippen LogP contribution in [0.25, 0.3) is 0 Å². The number of esters is 3. The maximum atomic E-state index is 12.8. The van der Waals surface area contributed by atoms with E-state index in [1.54, 1.807) is 0 Å². The summed E-state index contributed by atoms with van der Waals surface area (Å²) in [5, 5.41) is 0. The minimum Gasteiger partial charge on any atom is -0.462 e. The van der Waals surface area contributed by atoms with Gasteiger partial charge in [-0.2, -0.15) is 0 Å². The molecule has 0 spiro atoms. The first-order valence-electron chi connectivity index (χ1n) is 28.4. The Labute approximate surface area is 393 Å². The molecular weight excluding hydrogens is 781 g/mol. The van der Waals surface area contributed by atoms with Crippen molar-refractivity contribution in [2.45, 2.75) is 329 Å². The maximum Gasteiger partial charge on any atom is 0.306 e. The summed E-state index contributed by atoms with van der Waals surface area (Å²) in [4.78, 5) is 38.0. The lowest BCUT2D eigenvalue weighted by atomic mass is 10.0. The lowest BCUT2D eigenvalue weighted by molar-refractivity contribution is -0.167. The van der Waals surface area contributed by atoms with Gasteiger partial charge in [0, 0.05) is 19.3 Å². The second-order valence-electron chi connectivity index (χ2n) is 20.1. The number of carbonyl (C=O) groups excluding carboxylic acids is 3. The van der Waals surface area contributed by atoms with Crippen molar-refractivity contribution in [1.29, 1.82) is 0 Å². The molecule has 0 aliphatic rings. The Morgan fingerprint density at radius 2 is 0.524 bits per heavy atom. The summed E-state index contributed by atoms with van der Waals surface area (Å²) in [6.07, 6.45) is 55.2. The molecule has 0 aromatic carbocycles. The predicted octanol–water partition coefficient (Wildman–Crippen LogP) is 18.6. The third-order valence-corrected chi connectivity index (χ3v) is 13.0. The molecule has 63 heavy (non-hydrogen) atoms. The van der Waals surface area contributed by atoms with Crippen LogP contribution < -0.4 is 0 Å². The highest BCUT2D eigenvalue weighted by atomic mass is 16.6. The summed E-state index contributed by atoms with van der Waals surface area (Å²) in [5.41, 5.74) is 0. The third kappa shape index (κ3) is 51.3. The monoisotopic (exact) mass is 891 g/mol. The molecule has 6 heteroatoms. The zero-order valence-corrected chi connectivity index (χ0v) is 43.0. The van der Waals surface area contributed by atoms with Crippen molar-refractivity contribution in [3.8, 4) is 0 Å². The molecule has 0 unspecified atom stereocenters. The van der Waals surface area contributed by atoms with E-state index in [9.17, 15) is 14.4 Å². The molecule has 0 N–H and O–H groups in total. The van der Waals surface area contributed by atoms with Gasteiger partial charge in [0.2, 0.25) is 0 Å². The van der Waals surface area contributed by atoms with Gasteiger partial charge < -0.3 is 14.2 Å². The van der Waals surface area contributed by atoms with Crippen molar-refractivity contribution < 1.29 is 28.6 Å². The van der Waals surface area contributed by atoms with E-state index < -0.39 is 6.10 Å². The quantitative estimate of drug-likeness (QED) is 0.0344. The van der Waals surface area contributed by atoms with Gasteiger partial charge in [-0.05, 0) is 25.2 Å². The van der Waals surface area contributed by atoms with E-state index >= 15 is 0 Å². The van der Waals surface area contributed by atoms with Crippen LogP contribution in [0.5, 0.6) is 0 Å². The van der Waals surface area contributed by atoms with Gasteiger partial charge in [0.15, 0.2) is 6.10 Å². The van der Waals surface area contributed by atoms with Crippen LogP contribution in [0.3, 0.4) is 0 Å². The Morgan fingerprint density at radius 1 is 0.302 bits per heavy atom. The molecule has 0 aliphatic carbocycles. The molecule has 0 rings (SSSR count). The van der Waals surface area contributed by atoms with E-state index in [0.717, 1.165) is 63.7 Å². The summed E-state index contributed by atoms with van der Waals surface area (Å²) in [6.45, 7) is 9.06. The fourth-order valence-corrected chi connectivity index (χ4v) is 8.75. The molecule has 0 fully saturated rings. The standard InChI is InChI=1S/C57H110O6/c1-5-7-9-11-13-15-17-18-21-25-29-33-37-41-45-49-56(59)62-52-54(51-61-55(58)48-44-40-36-32-27-16-14-12-10-8-6-2)63-57(60)50-46-42-38-34-30-26-23-20-19-22-24-28-31-35-39-43-47-53(3)4/h53-54H,5-52H2,1-4H3/t54-/m0/s1. The van der Waals surface area contributed by atoms with E-state index in [1.807, 2.05) is 0 Å². The molecule has 6 nitrogen and oxygen atoms in total. The average molecular weight is 892 g/mol. The van der Waals surface area contributed by atoms with Crippen LogP contribution in [0.2, 0.25) is 0 Å². The molecular formula is C57H110O6. The Balaban J connectivity index is 4.26. The number of ether oxygens (including phenoxy) is 3. The van der Waals surface area contributed by atoms with Gasteiger partial charge in [0.1, 0.15) is 13.2 Å². The maximum absolute atomic E-state index is 12.8. The summed E-state index contributed by atoms with van der Waals surface area (Å²) >= 11 is 0. The lowest BCUT2D eigenvalue weighted by Crippen LogP contribution is -2.30. The van der Waals surface area contributed by atoms with Crippen LogP contribution in [-0.2, 0) is 28.6 Å². The number of rotatable bonds is 52. The van der Waals surface area contributed by atoms with E-state index in [4.69, 9.17) is 14.2 Å². The summed E-state index contributed by atoms with van der Waals surface area (Å²) in [5.74, 6) is 0.0146. The van der Waals surface area contributed by atoms with Crippen molar-refractivity contribution in [2.75, 3.05) is 13.2 Å². The minimum atomic E-state index is -0.761. The second-order valence-corrected chi connectivity index (χ2v) is 20.1. The van der Waals surface area contributed by atoms with E-state index in [1.165, 1.54) is 218 Å². The lowest BCUT2D eigenvalue weighted by Gasteiger charge is -2.18. The number of hydrogen-bond donors (Lipinski definition) is 0. The fraction of sp³-hybridized carbons (Fsp3) is 0.947. The van der Waals surface area contributed by atoms with Crippen LogP contribution in [0, 0.1) is 5.92 Å². The van der Waals surface area contributed by atoms with Gasteiger partial charge in [0.05, 0.1) is 0 Å². The Bertz CT molecular complexity index is 949. The highest BCUT2D eigenvalue weighted by Crippen LogP contribution is 2.18. The first-order chi connectivity index (χ1) is 30.9. The number of hydrogen-bond acceptors (Lipinski definition) is 6. The van der Waals surface area contributed by atoms with Gasteiger partial charge >= 0.3 is 17.9 Å². The minimum absolute atomic E-state index is 0.0619. The SMILES string of the molecule is CCCCCCCCCCCCCCCCCC(=O)OC[C@H](COC(=O)CCCCCCCCCCCCC)OC(=O)CCCCCCCCCCCCCCCCCCC(C)C. The van der Waals surface area contributed by atoms with Gasteiger partial charge in [0.25, 0.3) is 0 Å². The topological polar surface area (TPSA) is 78.9 Å². The fourth-order valence-electron chi connectivity index (χ4n) is 8.75. The normalized spacial score (nSPS) is 12.0. The van der Waals surface area contributed by atoms with E-state index in [2.05, 4.69) is 27.7 Å². The summed E-state index contributed by atoms with van der Waals surface area (Å²) in [6, 6.07) is 0. The van der Waals surface area contributed by atoms with Crippen LogP contribution in [-0.4, -0.2) is 37.2 Å². The number of unbranched alkanes of at least 4 members (excludes halogenated alkanes) is 39. The first kappa shape index (κ1) is 61.4. The highest BCUT2D eigenvalue weighted by molar-refractivity contribution is 5.71. The van der Waals surface area contributed by atoms with Gasteiger partial charge in [-0.1, -0.05) is 285 Å². The smallest absolute Gasteiger partial charge is 0.306 e. The molecule has 0 amide bonds. The predicted molar refractivity (Wildman–Crippen MR) is 270 cm³/mol. The highest BCUT2D eigenvalue weighted by Gasteiger charge is 2.19. The first-order valence-corrected chi connectivity index (χ1v) is 28.4. The van der Waals surface area contributed by atoms with Crippen molar-refractivity contribution in [2.24, 2.45) is 5.92 Å². The molecule has 0 aromatic heterocycles.